The van der Waals surface area contributed by atoms with Crippen LogP contribution in [-0.4, -0.2) is 45.8 Å². The molecular formula is C22H24N4O4. The number of carbonyl (C=O) groups excluding carboxylic acids is 1. The summed E-state index contributed by atoms with van der Waals surface area (Å²) in [5, 5.41) is 29.4. The molecule has 0 aliphatic heterocycles. The molecule has 0 spiro atoms. The van der Waals surface area contributed by atoms with E-state index in [0.717, 1.165) is 22.3 Å². The number of aromatic nitrogens is 2. The van der Waals surface area contributed by atoms with Crippen molar-refractivity contribution in [2.75, 3.05) is 18.9 Å². The second-order valence-corrected chi connectivity index (χ2v) is 7.37. The smallest absolute Gasteiger partial charge is 0.407 e. The summed E-state index contributed by atoms with van der Waals surface area (Å²) in [6.07, 6.45) is -3.21. The van der Waals surface area contributed by atoms with Crippen LogP contribution >= 0.6 is 0 Å². The zero-order valence-electron chi connectivity index (χ0n) is 16.5. The van der Waals surface area contributed by atoms with Crippen molar-refractivity contribution in [3.05, 3.63) is 70.9 Å². The van der Waals surface area contributed by atoms with E-state index in [1.54, 1.807) is 6.92 Å². The van der Waals surface area contributed by atoms with E-state index >= 15 is 0 Å². The van der Waals surface area contributed by atoms with Crippen molar-refractivity contribution >= 4 is 11.9 Å². The number of rotatable bonds is 6. The Morgan fingerprint density at radius 2 is 1.77 bits per heavy atom. The summed E-state index contributed by atoms with van der Waals surface area (Å²) in [5.41, 5.74) is 11.1. The summed E-state index contributed by atoms with van der Waals surface area (Å²) in [6.45, 7) is 1.67. The molecule has 3 aromatic rings. The number of ether oxygens (including phenoxy) is 1. The molecule has 1 aliphatic carbocycles. The lowest BCUT2D eigenvalue weighted by molar-refractivity contribution is 0.0186. The van der Waals surface area contributed by atoms with E-state index in [9.17, 15) is 15.0 Å². The van der Waals surface area contributed by atoms with Crippen molar-refractivity contribution in [2.24, 2.45) is 0 Å². The molecule has 4 rings (SSSR count). The second kappa shape index (κ2) is 8.17. The number of aromatic amines is 1. The van der Waals surface area contributed by atoms with Gasteiger partial charge in [0.15, 0.2) is 5.82 Å². The molecule has 8 nitrogen and oxygen atoms in total. The van der Waals surface area contributed by atoms with Crippen molar-refractivity contribution in [3.63, 3.8) is 0 Å². The van der Waals surface area contributed by atoms with Gasteiger partial charge in [0.25, 0.3) is 0 Å². The number of benzene rings is 2. The number of nitrogens with zero attached hydrogens (tertiary/aromatic N) is 1. The van der Waals surface area contributed by atoms with E-state index in [4.69, 9.17) is 10.5 Å². The number of aryl methyl sites for hydroxylation is 1. The monoisotopic (exact) mass is 408 g/mol. The molecule has 2 aromatic carbocycles. The van der Waals surface area contributed by atoms with Crippen LogP contribution in [0.15, 0.2) is 48.5 Å². The third-order valence-electron chi connectivity index (χ3n) is 5.48. The van der Waals surface area contributed by atoms with Gasteiger partial charge >= 0.3 is 6.09 Å². The third kappa shape index (κ3) is 3.62. The number of nitrogens with one attached hydrogen (secondary N) is 2. The Kier molecular flexibility index (Phi) is 5.43. The molecule has 2 atom stereocenters. The Bertz CT molecular complexity index is 1000. The number of H-pyrrole nitrogens is 1. The number of anilines is 1. The molecule has 0 saturated carbocycles. The van der Waals surface area contributed by atoms with E-state index < -0.39 is 18.3 Å². The van der Waals surface area contributed by atoms with Gasteiger partial charge in [0, 0.05) is 23.7 Å². The molecule has 0 bridgehead atoms. The number of aliphatic hydroxyl groups is 2. The largest absolute Gasteiger partial charge is 0.449 e. The number of hydrogen-bond donors (Lipinski definition) is 5. The van der Waals surface area contributed by atoms with Gasteiger partial charge in [-0.2, -0.15) is 5.10 Å². The predicted molar refractivity (Wildman–Crippen MR) is 112 cm³/mol. The highest BCUT2D eigenvalue weighted by Crippen LogP contribution is 2.44. The van der Waals surface area contributed by atoms with Gasteiger partial charge in [-0.1, -0.05) is 48.5 Å². The van der Waals surface area contributed by atoms with E-state index in [1.165, 1.54) is 0 Å². The molecule has 8 heteroatoms. The Balaban J connectivity index is 1.35. The van der Waals surface area contributed by atoms with Gasteiger partial charge in [-0.05, 0) is 29.2 Å². The topological polar surface area (TPSA) is 133 Å². The molecule has 0 saturated heterocycles. The van der Waals surface area contributed by atoms with E-state index in [-0.39, 0.29) is 24.9 Å². The fourth-order valence-electron chi connectivity index (χ4n) is 3.97. The summed E-state index contributed by atoms with van der Waals surface area (Å²) in [4.78, 5) is 12.2. The first-order valence-electron chi connectivity index (χ1n) is 9.72. The number of nitrogen functional groups attached to an aromatic ring is 1. The molecule has 2 unspecified atom stereocenters. The van der Waals surface area contributed by atoms with E-state index in [0.29, 0.717) is 11.3 Å². The highest BCUT2D eigenvalue weighted by molar-refractivity contribution is 5.79. The van der Waals surface area contributed by atoms with Gasteiger partial charge in [0.05, 0.1) is 0 Å². The molecule has 0 radical (unpaired) electrons. The van der Waals surface area contributed by atoms with E-state index in [2.05, 4.69) is 27.6 Å². The first-order chi connectivity index (χ1) is 14.5. The third-order valence-corrected chi connectivity index (χ3v) is 5.48. The van der Waals surface area contributed by atoms with Crippen molar-refractivity contribution in [3.8, 4) is 11.1 Å². The average molecular weight is 408 g/mol. The summed E-state index contributed by atoms with van der Waals surface area (Å²) >= 11 is 0. The molecule has 1 aliphatic rings. The number of fused-ring (bicyclic) bond motifs is 3. The minimum absolute atomic E-state index is 0.0490. The van der Waals surface area contributed by atoms with Gasteiger partial charge in [-0.25, -0.2) is 4.79 Å². The molecule has 1 amide bonds. The maximum atomic E-state index is 12.2. The SMILES string of the molecule is Cc1[nH]nc(N)c1C(O)C(O)CNC(=O)OCC1c2ccccc2-c2ccccc21. The standard InChI is InChI=1S/C22H24N4O4/c1-12-19(21(23)26-25-12)20(28)18(27)10-24-22(29)30-11-17-15-8-4-2-6-13(15)14-7-3-5-9-16(14)17/h2-9,17-18,20,27-28H,10-11H2,1H3,(H,24,29)(H3,23,25,26). The zero-order valence-corrected chi connectivity index (χ0v) is 16.5. The van der Waals surface area contributed by atoms with Gasteiger partial charge in [-0.3, -0.25) is 5.10 Å². The molecule has 1 aromatic heterocycles. The summed E-state index contributed by atoms with van der Waals surface area (Å²) < 4.78 is 5.42. The van der Waals surface area contributed by atoms with Crippen molar-refractivity contribution < 1.29 is 19.7 Å². The molecule has 1 heterocycles. The quantitative estimate of drug-likeness (QED) is 0.425. The van der Waals surface area contributed by atoms with Crippen molar-refractivity contribution in [1.82, 2.24) is 15.5 Å². The summed E-state index contributed by atoms with van der Waals surface area (Å²) in [6, 6.07) is 16.1. The number of carbonyl (C=O) groups is 1. The molecular weight excluding hydrogens is 384 g/mol. The van der Waals surface area contributed by atoms with Crippen LogP contribution in [0.1, 0.15) is 34.4 Å². The maximum absolute atomic E-state index is 12.2. The predicted octanol–water partition coefficient (Wildman–Crippen LogP) is 2.23. The molecule has 156 valence electrons. The number of nitrogens with two attached hydrogens (primary N) is 1. The van der Waals surface area contributed by atoms with Crippen LogP contribution < -0.4 is 11.1 Å². The normalized spacial score (nSPS) is 14.6. The summed E-state index contributed by atoms with van der Waals surface area (Å²) in [7, 11) is 0. The Morgan fingerprint density at radius 3 is 2.33 bits per heavy atom. The first-order valence-corrected chi connectivity index (χ1v) is 9.72. The fourth-order valence-corrected chi connectivity index (χ4v) is 3.97. The van der Waals surface area contributed by atoms with Crippen molar-refractivity contribution in [1.29, 1.82) is 0 Å². The van der Waals surface area contributed by atoms with Crippen LogP contribution in [0.3, 0.4) is 0 Å². The van der Waals surface area contributed by atoms with Crippen LogP contribution in [-0.2, 0) is 4.74 Å². The fraction of sp³-hybridized carbons (Fsp3) is 0.273. The highest BCUT2D eigenvalue weighted by atomic mass is 16.5. The lowest BCUT2D eigenvalue weighted by atomic mass is 9.98. The summed E-state index contributed by atoms with van der Waals surface area (Å²) in [5.74, 6) is 0.0623. The number of alkyl carbamates (subject to hydrolysis) is 1. The van der Waals surface area contributed by atoms with Gasteiger partial charge < -0.3 is 26.0 Å². The van der Waals surface area contributed by atoms with Crippen LogP contribution in [0.4, 0.5) is 10.6 Å². The van der Waals surface area contributed by atoms with Gasteiger partial charge in [0.2, 0.25) is 0 Å². The minimum Gasteiger partial charge on any atom is -0.449 e. The van der Waals surface area contributed by atoms with Crippen LogP contribution in [0.2, 0.25) is 0 Å². The Hall–Kier alpha value is -3.36. The number of hydrogen-bond acceptors (Lipinski definition) is 6. The number of amides is 1. The Morgan fingerprint density at radius 1 is 1.17 bits per heavy atom. The van der Waals surface area contributed by atoms with E-state index in [1.807, 2.05) is 36.4 Å². The highest BCUT2D eigenvalue weighted by Gasteiger charge is 2.29. The maximum Gasteiger partial charge on any atom is 0.407 e. The lowest BCUT2D eigenvalue weighted by Gasteiger charge is -2.19. The van der Waals surface area contributed by atoms with Gasteiger partial charge in [0.1, 0.15) is 18.8 Å². The molecule has 6 N–H and O–H groups in total. The van der Waals surface area contributed by atoms with Crippen LogP contribution in [0.5, 0.6) is 0 Å². The lowest BCUT2D eigenvalue weighted by Crippen LogP contribution is -2.36. The van der Waals surface area contributed by atoms with Crippen LogP contribution in [0, 0.1) is 6.92 Å². The second-order valence-electron chi connectivity index (χ2n) is 7.37. The number of aliphatic hydroxyl groups excluding tert-OH is 2. The first kappa shape index (κ1) is 19.9. The van der Waals surface area contributed by atoms with Gasteiger partial charge in [-0.15, -0.1) is 0 Å². The minimum atomic E-state index is -1.28. The average Bonchev–Trinajstić information content (AvgIpc) is 3.26. The molecule has 30 heavy (non-hydrogen) atoms. The van der Waals surface area contributed by atoms with Crippen LogP contribution in [0.25, 0.3) is 11.1 Å². The Labute approximate surface area is 173 Å². The van der Waals surface area contributed by atoms with Crippen molar-refractivity contribution in [2.45, 2.75) is 25.0 Å². The zero-order chi connectivity index (χ0) is 21.3. The molecule has 0 fully saturated rings.